The second-order valence-corrected chi connectivity index (χ2v) is 6.10. The molecule has 1 amide bonds. The highest BCUT2D eigenvalue weighted by Gasteiger charge is 2.34. The molecule has 0 radical (unpaired) electrons. The maximum Gasteiger partial charge on any atom is 0.433 e. The van der Waals surface area contributed by atoms with Gasteiger partial charge in [0.05, 0.1) is 6.42 Å². The maximum atomic E-state index is 12.9. The van der Waals surface area contributed by atoms with Crippen molar-refractivity contribution in [1.82, 2.24) is 19.9 Å². The highest BCUT2D eigenvalue weighted by Crippen LogP contribution is 2.29. The van der Waals surface area contributed by atoms with Gasteiger partial charge >= 0.3 is 6.18 Å². The maximum absolute atomic E-state index is 12.9. The van der Waals surface area contributed by atoms with Crippen LogP contribution in [0.4, 0.5) is 19.1 Å². The molecule has 0 unspecified atom stereocenters. The lowest BCUT2D eigenvalue weighted by atomic mass is 10.2. The Balaban J connectivity index is 1.63. The van der Waals surface area contributed by atoms with Gasteiger partial charge in [-0.15, -0.1) is 0 Å². The predicted molar refractivity (Wildman–Crippen MR) is 88.5 cm³/mol. The normalized spacial score (nSPS) is 15.2. The Morgan fingerprint density at radius 1 is 1.19 bits per heavy atom. The zero-order chi connectivity index (χ0) is 18.7. The number of piperazine rings is 1. The Kier molecular flexibility index (Phi) is 5.06. The number of alkyl halides is 3. The lowest BCUT2D eigenvalue weighted by molar-refractivity contribution is -0.141. The van der Waals surface area contributed by atoms with Gasteiger partial charge in [-0.25, -0.2) is 9.97 Å². The number of hydrogen-bond acceptors (Lipinski definition) is 5. The first kappa shape index (κ1) is 18.1. The largest absolute Gasteiger partial charge is 0.433 e. The van der Waals surface area contributed by atoms with Crippen LogP contribution in [0.1, 0.15) is 17.0 Å². The molecule has 0 atom stereocenters. The van der Waals surface area contributed by atoms with Crippen molar-refractivity contribution in [1.29, 1.82) is 0 Å². The standard InChI is InChI=1S/C17H18F3N5O/c1-12-9-14(17(18,19)20)23-16(22-12)25-7-5-24(6-8-25)15(26)10-13-3-2-4-21-11-13/h2-4,9,11H,5-8,10H2,1H3. The molecule has 0 bridgehead atoms. The average molecular weight is 365 g/mol. The molecular formula is C17H18F3N5O. The molecule has 0 aromatic carbocycles. The number of carbonyl (C=O) groups excluding carboxylic acids is 1. The lowest BCUT2D eigenvalue weighted by Gasteiger charge is -2.35. The molecule has 0 spiro atoms. The van der Waals surface area contributed by atoms with Crippen molar-refractivity contribution in [2.24, 2.45) is 0 Å². The summed E-state index contributed by atoms with van der Waals surface area (Å²) in [4.78, 5) is 27.5. The molecule has 1 fully saturated rings. The van der Waals surface area contributed by atoms with E-state index in [-0.39, 0.29) is 24.0 Å². The average Bonchev–Trinajstić information content (AvgIpc) is 2.61. The van der Waals surface area contributed by atoms with E-state index < -0.39 is 11.9 Å². The fourth-order valence-electron chi connectivity index (χ4n) is 2.78. The van der Waals surface area contributed by atoms with E-state index >= 15 is 0 Å². The summed E-state index contributed by atoms with van der Waals surface area (Å²) in [6, 6.07) is 4.53. The highest BCUT2D eigenvalue weighted by molar-refractivity contribution is 5.79. The Labute approximate surface area is 148 Å². The molecule has 9 heteroatoms. The van der Waals surface area contributed by atoms with Gasteiger partial charge in [-0.1, -0.05) is 6.07 Å². The van der Waals surface area contributed by atoms with E-state index in [1.807, 2.05) is 6.07 Å². The van der Waals surface area contributed by atoms with Crippen LogP contribution in [-0.2, 0) is 17.4 Å². The number of amides is 1. The first-order valence-electron chi connectivity index (χ1n) is 8.17. The molecular weight excluding hydrogens is 347 g/mol. The summed E-state index contributed by atoms with van der Waals surface area (Å²) in [6.45, 7) is 3.11. The topological polar surface area (TPSA) is 62.2 Å². The van der Waals surface area contributed by atoms with E-state index in [1.165, 1.54) is 6.92 Å². The Bertz CT molecular complexity index is 774. The van der Waals surface area contributed by atoms with Crippen LogP contribution >= 0.6 is 0 Å². The number of anilines is 1. The van der Waals surface area contributed by atoms with Gasteiger partial charge in [0.15, 0.2) is 0 Å². The Hall–Kier alpha value is -2.71. The molecule has 1 aliphatic rings. The van der Waals surface area contributed by atoms with Gasteiger partial charge in [-0.3, -0.25) is 9.78 Å². The highest BCUT2D eigenvalue weighted by atomic mass is 19.4. The van der Waals surface area contributed by atoms with E-state index in [4.69, 9.17) is 0 Å². The number of halogens is 3. The Morgan fingerprint density at radius 2 is 1.92 bits per heavy atom. The summed E-state index contributed by atoms with van der Waals surface area (Å²) in [6.07, 6.45) is -0.964. The third-order valence-corrected chi connectivity index (χ3v) is 4.13. The van der Waals surface area contributed by atoms with Gasteiger partial charge in [0, 0.05) is 44.3 Å². The van der Waals surface area contributed by atoms with Crippen molar-refractivity contribution in [2.75, 3.05) is 31.1 Å². The van der Waals surface area contributed by atoms with Gasteiger partial charge in [-0.2, -0.15) is 13.2 Å². The van der Waals surface area contributed by atoms with E-state index in [1.54, 1.807) is 28.3 Å². The predicted octanol–water partition coefficient (Wildman–Crippen LogP) is 2.09. The van der Waals surface area contributed by atoms with Crippen molar-refractivity contribution >= 4 is 11.9 Å². The molecule has 0 aliphatic carbocycles. The number of rotatable bonds is 3. The second kappa shape index (κ2) is 7.27. The molecule has 2 aromatic heterocycles. The molecule has 6 nitrogen and oxygen atoms in total. The minimum atomic E-state index is -4.51. The number of hydrogen-bond donors (Lipinski definition) is 0. The summed E-state index contributed by atoms with van der Waals surface area (Å²) in [5.74, 6) is 0.0236. The van der Waals surface area contributed by atoms with Crippen LogP contribution in [0.5, 0.6) is 0 Å². The first-order valence-corrected chi connectivity index (χ1v) is 8.17. The molecule has 3 heterocycles. The SMILES string of the molecule is Cc1cc(C(F)(F)F)nc(N2CCN(C(=O)Cc3cccnc3)CC2)n1. The molecule has 0 saturated carbocycles. The van der Waals surface area contributed by atoms with Crippen molar-refractivity contribution in [3.05, 3.63) is 47.5 Å². The smallest absolute Gasteiger partial charge is 0.339 e. The number of nitrogens with zero attached hydrogens (tertiary/aromatic N) is 5. The summed E-state index contributed by atoms with van der Waals surface area (Å²) in [7, 11) is 0. The van der Waals surface area contributed by atoms with Gasteiger partial charge in [0.2, 0.25) is 11.9 Å². The fraction of sp³-hybridized carbons (Fsp3) is 0.412. The summed E-state index contributed by atoms with van der Waals surface area (Å²) in [5, 5.41) is 0. The molecule has 2 aromatic rings. The molecule has 138 valence electrons. The molecule has 26 heavy (non-hydrogen) atoms. The first-order chi connectivity index (χ1) is 12.3. The fourth-order valence-corrected chi connectivity index (χ4v) is 2.78. The molecule has 3 rings (SSSR count). The van der Waals surface area contributed by atoms with Gasteiger partial charge < -0.3 is 9.80 Å². The van der Waals surface area contributed by atoms with Crippen LogP contribution in [0.15, 0.2) is 30.6 Å². The van der Waals surface area contributed by atoms with Crippen molar-refractivity contribution < 1.29 is 18.0 Å². The quantitative estimate of drug-likeness (QED) is 0.834. The van der Waals surface area contributed by atoms with E-state index in [0.717, 1.165) is 11.6 Å². The van der Waals surface area contributed by atoms with Crippen molar-refractivity contribution in [2.45, 2.75) is 19.5 Å². The summed E-state index contributed by atoms with van der Waals surface area (Å²) < 4.78 is 38.8. The summed E-state index contributed by atoms with van der Waals surface area (Å²) in [5.41, 5.74) is 0.143. The number of carbonyl (C=O) groups is 1. The number of aromatic nitrogens is 3. The van der Waals surface area contributed by atoms with Crippen LogP contribution in [0, 0.1) is 6.92 Å². The van der Waals surface area contributed by atoms with Gasteiger partial charge in [-0.05, 0) is 24.6 Å². The second-order valence-electron chi connectivity index (χ2n) is 6.10. The van der Waals surface area contributed by atoms with Crippen molar-refractivity contribution in [3.63, 3.8) is 0 Å². The van der Waals surface area contributed by atoms with Crippen LogP contribution in [0.2, 0.25) is 0 Å². The molecule has 1 aliphatic heterocycles. The zero-order valence-electron chi connectivity index (χ0n) is 14.2. The van der Waals surface area contributed by atoms with Crippen molar-refractivity contribution in [3.8, 4) is 0 Å². The minimum absolute atomic E-state index is 0.0289. The van der Waals surface area contributed by atoms with Crippen LogP contribution in [0.3, 0.4) is 0 Å². The van der Waals surface area contributed by atoms with E-state index in [2.05, 4.69) is 15.0 Å². The molecule has 1 saturated heterocycles. The minimum Gasteiger partial charge on any atom is -0.339 e. The third kappa shape index (κ3) is 4.27. The van der Waals surface area contributed by atoms with Crippen LogP contribution in [-0.4, -0.2) is 51.9 Å². The lowest BCUT2D eigenvalue weighted by Crippen LogP contribution is -2.49. The number of aryl methyl sites for hydroxylation is 1. The van der Waals surface area contributed by atoms with E-state index in [0.29, 0.717) is 26.2 Å². The van der Waals surface area contributed by atoms with Gasteiger partial charge in [0.1, 0.15) is 5.69 Å². The van der Waals surface area contributed by atoms with Gasteiger partial charge in [0.25, 0.3) is 0 Å². The molecule has 0 N–H and O–H groups in total. The number of pyridine rings is 1. The zero-order valence-corrected chi connectivity index (χ0v) is 14.2. The monoisotopic (exact) mass is 365 g/mol. The van der Waals surface area contributed by atoms with Crippen LogP contribution < -0.4 is 4.90 Å². The Morgan fingerprint density at radius 3 is 2.54 bits per heavy atom. The summed E-state index contributed by atoms with van der Waals surface area (Å²) >= 11 is 0. The van der Waals surface area contributed by atoms with E-state index in [9.17, 15) is 18.0 Å². The van der Waals surface area contributed by atoms with Crippen LogP contribution in [0.25, 0.3) is 0 Å². The third-order valence-electron chi connectivity index (χ3n) is 4.13.